The number of fused-ring (bicyclic) bond motifs is 1. The molecule has 2 aromatic rings. The van der Waals surface area contributed by atoms with Gasteiger partial charge in [0, 0.05) is 22.7 Å². The quantitative estimate of drug-likeness (QED) is 0.798. The lowest BCUT2D eigenvalue weighted by Gasteiger charge is -2.30. The van der Waals surface area contributed by atoms with Crippen LogP contribution in [0.5, 0.6) is 5.75 Å². The molecule has 0 amide bonds. The van der Waals surface area contributed by atoms with E-state index in [-0.39, 0.29) is 6.54 Å². The summed E-state index contributed by atoms with van der Waals surface area (Å²) in [4.78, 5) is 4.52. The summed E-state index contributed by atoms with van der Waals surface area (Å²) >= 11 is 5.83. The molecule has 0 saturated heterocycles. The average molecular weight is 383 g/mol. The molecule has 1 aliphatic rings. The maximum atomic E-state index is 14.4. The smallest absolute Gasteiger partial charge is 0.201 e. The molecule has 3 rings (SSSR count). The van der Waals surface area contributed by atoms with Crippen LogP contribution in [0.25, 0.3) is 0 Å². The van der Waals surface area contributed by atoms with Crippen molar-refractivity contribution in [3.05, 3.63) is 63.9 Å². The van der Waals surface area contributed by atoms with Crippen LogP contribution in [0.3, 0.4) is 0 Å². The Morgan fingerprint density at radius 1 is 1.20 bits per heavy atom. The summed E-state index contributed by atoms with van der Waals surface area (Å²) in [5.74, 6) is 0.0498. The van der Waals surface area contributed by atoms with Crippen molar-refractivity contribution in [2.45, 2.75) is 26.1 Å². The molecule has 1 N–H and O–H groups in total. The van der Waals surface area contributed by atoms with Gasteiger partial charge in [-0.1, -0.05) is 17.7 Å². The minimum absolute atomic E-state index is 0.150. The first-order valence-corrected chi connectivity index (χ1v) is 9.06. The van der Waals surface area contributed by atoms with Crippen LogP contribution in [0.2, 0.25) is 5.02 Å². The third kappa shape index (κ3) is 4.00. The lowest BCUT2D eigenvalue weighted by molar-refractivity contribution is 0.115. The maximum Gasteiger partial charge on any atom is 0.201 e. The van der Waals surface area contributed by atoms with Gasteiger partial charge >= 0.3 is 0 Å². The number of nitrogens with zero attached hydrogens (tertiary/aromatic N) is 1. The van der Waals surface area contributed by atoms with Gasteiger partial charge in [-0.05, 0) is 49.7 Å². The second-order valence-electron chi connectivity index (χ2n) is 6.06. The summed E-state index contributed by atoms with van der Waals surface area (Å²) in [6.45, 7) is 3.68. The second-order valence-corrected chi connectivity index (χ2v) is 7.32. The highest BCUT2D eigenvalue weighted by atomic mass is 35.5. The Morgan fingerprint density at radius 3 is 2.60 bits per heavy atom. The van der Waals surface area contributed by atoms with E-state index in [9.17, 15) is 12.8 Å². The molecule has 0 fully saturated rings. The fraction of sp³-hybridized carbons (Fsp3) is 0.235. The molecule has 25 heavy (non-hydrogen) atoms. The van der Waals surface area contributed by atoms with E-state index in [1.54, 1.807) is 44.2 Å². The molecule has 0 spiro atoms. The SMILES string of the molecule is CC1(C)N=C(c2ccc(Cl)cc2F)c2ccc(CN[SH](=O)=O)cc2O1. The van der Waals surface area contributed by atoms with Gasteiger partial charge in [-0.2, -0.15) is 0 Å². The molecule has 5 nitrogen and oxygen atoms in total. The van der Waals surface area contributed by atoms with Crippen LogP contribution in [0, 0.1) is 5.82 Å². The number of hydrogen-bond donors (Lipinski definition) is 2. The monoisotopic (exact) mass is 382 g/mol. The number of thiol groups is 1. The molecule has 0 radical (unpaired) electrons. The van der Waals surface area contributed by atoms with Crippen LogP contribution in [0.15, 0.2) is 41.4 Å². The lowest BCUT2D eigenvalue weighted by Crippen LogP contribution is -2.32. The fourth-order valence-electron chi connectivity index (χ4n) is 2.62. The van der Waals surface area contributed by atoms with Crippen LogP contribution < -0.4 is 9.46 Å². The molecule has 1 heterocycles. The van der Waals surface area contributed by atoms with Crippen molar-refractivity contribution in [3.8, 4) is 5.75 Å². The van der Waals surface area contributed by atoms with Gasteiger partial charge in [-0.25, -0.2) is 22.5 Å². The number of nitrogens with one attached hydrogen (secondary N) is 1. The minimum Gasteiger partial charge on any atom is -0.466 e. The lowest BCUT2D eigenvalue weighted by atomic mass is 9.97. The van der Waals surface area contributed by atoms with E-state index in [1.807, 2.05) is 0 Å². The van der Waals surface area contributed by atoms with Gasteiger partial charge in [-0.15, -0.1) is 0 Å². The molecule has 0 aliphatic carbocycles. The zero-order valence-electron chi connectivity index (χ0n) is 13.5. The molecule has 1 aliphatic heterocycles. The summed E-state index contributed by atoms with van der Waals surface area (Å²) < 4.78 is 44.0. The van der Waals surface area contributed by atoms with Gasteiger partial charge in [-0.3, -0.25) is 0 Å². The van der Waals surface area contributed by atoms with E-state index in [1.165, 1.54) is 6.07 Å². The molecule has 0 bridgehead atoms. The second kappa shape index (κ2) is 6.74. The molecular weight excluding hydrogens is 367 g/mol. The Balaban J connectivity index is 2.07. The predicted molar refractivity (Wildman–Crippen MR) is 95.4 cm³/mol. The van der Waals surface area contributed by atoms with Gasteiger partial charge < -0.3 is 4.74 Å². The highest BCUT2D eigenvalue weighted by Gasteiger charge is 2.30. The van der Waals surface area contributed by atoms with Crippen molar-refractivity contribution < 1.29 is 17.5 Å². The summed E-state index contributed by atoms with van der Waals surface area (Å²) in [6, 6.07) is 9.64. The van der Waals surface area contributed by atoms with Crippen LogP contribution >= 0.6 is 11.6 Å². The number of ether oxygens (including phenoxy) is 1. The van der Waals surface area contributed by atoms with Crippen LogP contribution in [0.1, 0.15) is 30.5 Å². The van der Waals surface area contributed by atoms with Gasteiger partial charge in [0.1, 0.15) is 11.6 Å². The van der Waals surface area contributed by atoms with E-state index >= 15 is 0 Å². The molecule has 0 aromatic heterocycles. The number of benzene rings is 2. The van der Waals surface area contributed by atoms with E-state index < -0.39 is 22.4 Å². The van der Waals surface area contributed by atoms with Crippen molar-refractivity contribution in [1.29, 1.82) is 0 Å². The molecular formula is C17H16ClFN2O3S. The molecule has 0 saturated carbocycles. The van der Waals surface area contributed by atoms with Crippen molar-refractivity contribution in [1.82, 2.24) is 4.72 Å². The fourth-order valence-corrected chi connectivity index (χ4v) is 3.09. The van der Waals surface area contributed by atoms with Crippen LogP contribution in [-0.2, 0) is 17.4 Å². The van der Waals surface area contributed by atoms with Gasteiger partial charge in [0.25, 0.3) is 0 Å². The molecule has 8 heteroatoms. The van der Waals surface area contributed by atoms with Crippen molar-refractivity contribution in [2.24, 2.45) is 4.99 Å². The topological polar surface area (TPSA) is 67.8 Å². The normalized spacial score (nSPS) is 15.5. The van der Waals surface area contributed by atoms with E-state index in [0.717, 1.165) is 5.56 Å². The molecule has 0 unspecified atom stereocenters. The number of halogens is 2. The Bertz CT molecular complexity index is 933. The van der Waals surface area contributed by atoms with E-state index in [4.69, 9.17) is 16.3 Å². The van der Waals surface area contributed by atoms with Crippen LogP contribution in [-0.4, -0.2) is 19.9 Å². The number of rotatable bonds is 4. The first kappa shape index (κ1) is 17.8. The summed E-state index contributed by atoms with van der Waals surface area (Å²) in [6.07, 6.45) is 0. The Kier molecular flexibility index (Phi) is 4.81. The van der Waals surface area contributed by atoms with E-state index in [0.29, 0.717) is 27.6 Å². The van der Waals surface area contributed by atoms with Gasteiger partial charge in [0.2, 0.25) is 10.9 Å². The van der Waals surface area contributed by atoms with Gasteiger partial charge in [0.05, 0.1) is 5.71 Å². The van der Waals surface area contributed by atoms with Crippen LogP contribution in [0.4, 0.5) is 4.39 Å². The highest BCUT2D eigenvalue weighted by Crippen LogP contribution is 2.34. The number of hydrogen-bond acceptors (Lipinski definition) is 4. The van der Waals surface area contributed by atoms with Crippen molar-refractivity contribution >= 4 is 28.2 Å². The highest BCUT2D eigenvalue weighted by molar-refractivity contribution is 7.70. The Labute approximate surface area is 151 Å². The summed E-state index contributed by atoms with van der Waals surface area (Å²) in [7, 11) is -2.68. The molecule has 132 valence electrons. The molecule has 2 aromatic carbocycles. The average Bonchev–Trinajstić information content (AvgIpc) is 2.51. The van der Waals surface area contributed by atoms with Gasteiger partial charge in [0.15, 0.2) is 5.72 Å². The zero-order chi connectivity index (χ0) is 18.2. The third-order valence-electron chi connectivity index (χ3n) is 3.64. The zero-order valence-corrected chi connectivity index (χ0v) is 15.2. The summed E-state index contributed by atoms with van der Waals surface area (Å²) in [5.41, 5.74) is 1.28. The minimum atomic E-state index is -2.68. The predicted octanol–water partition coefficient (Wildman–Crippen LogP) is 3.06. The largest absolute Gasteiger partial charge is 0.466 e. The standard InChI is InChI=1S/C17H16ClFN2O3S/c1-17(2)21-16(12-6-4-11(18)8-14(12)19)13-5-3-10(7-15(13)24-17)9-20-25(22)23/h3-8,25H,9H2,1-2H3,(H,20,22,23). The number of aliphatic imine (C=N–C) groups is 1. The summed E-state index contributed by atoms with van der Waals surface area (Å²) in [5, 5.41) is 0.307. The van der Waals surface area contributed by atoms with Crippen molar-refractivity contribution in [2.75, 3.05) is 0 Å². The molecule has 0 atom stereocenters. The first-order valence-electron chi connectivity index (χ1n) is 7.51. The van der Waals surface area contributed by atoms with E-state index in [2.05, 4.69) is 9.71 Å². The Morgan fingerprint density at radius 2 is 1.92 bits per heavy atom. The maximum absolute atomic E-state index is 14.4. The van der Waals surface area contributed by atoms with Crippen molar-refractivity contribution in [3.63, 3.8) is 0 Å². The Hall–Kier alpha value is -1.96. The third-order valence-corrected chi connectivity index (χ3v) is 4.29. The first-order chi connectivity index (χ1) is 11.7.